The van der Waals surface area contributed by atoms with Gasteiger partial charge in [-0.15, -0.1) is 0 Å². The van der Waals surface area contributed by atoms with Crippen molar-refractivity contribution in [1.29, 1.82) is 0 Å². The molecule has 3 nitrogen and oxygen atoms in total. The van der Waals surface area contributed by atoms with Crippen molar-refractivity contribution in [3.05, 3.63) is 29.6 Å². The second-order valence-electron chi connectivity index (χ2n) is 4.75. The van der Waals surface area contributed by atoms with Crippen LogP contribution in [0.5, 0.6) is 0 Å². The number of hydrogen-bond donors (Lipinski definition) is 1. The van der Waals surface area contributed by atoms with Gasteiger partial charge >= 0.3 is 0 Å². The number of halogens is 1. The minimum atomic E-state index is -0.218. The molecule has 0 bridgehead atoms. The maximum absolute atomic E-state index is 13.5. The van der Waals surface area contributed by atoms with Crippen LogP contribution in [-0.2, 0) is 6.54 Å². The van der Waals surface area contributed by atoms with Gasteiger partial charge in [0.05, 0.1) is 0 Å². The fourth-order valence-electron chi connectivity index (χ4n) is 1.72. The van der Waals surface area contributed by atoms with Gasteiger partial charge in [0, 0.05) is 17.8 Å². The summed E-state index contributed by atoms with van der Waals surface area (Å²) in [6.07, 6.45) is 1.08. The number of nitrogens with zero attached hydrogens (tertiary/aromatic N) is 2. The molecule has 1 aromatic carbocycles. The van der Waals surface area contributed by atoms with E-state index >= 15 is 0 Å². The van der Waals surface area contributed by atoms with E-state index in [2.05, 4.69) is 23.9 Å². The average Bonchev–Trinajstić information content (AvgIpc) is 2.21. The Morgan fingerprint density at radius 2 is 1.88 bits per heavy atom. The van der Waals surface area contributed by atoms with Crippen LogP contribution in [0.1, 0.15) is 12.0 Å². The lowest BCUT2D eigenvalue weighted by Gasteiger charge is -2.18. The molecule has 0 heterocycles. The van der Waals surface area contributed by atoms with Crippen LogP contribution in [-0.4, -0.2) is 44.0 Å². The van der Waals surface area contributed by atoms with E-state index in [4.69, 9.17) is 5.73 Å². The summed E-state index contributed by atoms with van der Waals surface area (Å²) < 4.78 is 13.5. The van der Waals surface area contributed by atoms with E-state index in [1.807, 2.05) is 7.05 Å². The fourth-order valence-corrected chi connectivity index (χ4v) is 1.72. The van der Waals surface area contributed by atoms with Crippen LogP contribution in [0.2, 0.25) is 0 Å². The first-order chi connectivity index (χ1) is 7.99. The first-order valence-corrected chi connectivity index (χ1v) is 5.86. The maximum atomic E-state index is 13.5. The van der Waals surface area contributed by atoms with Gasteiger partial charge in [-0.05, 0) is 52.8 Å². The van der Waals surface area contributed by atoms with Gasteiger partial charge in [-0.2, -0.15) is 0 Å². The highest BCUT2D eigenvalue weighted by molar-refractivity contribution is 5.40. The summed E-state index contributed by atoms with van der Waals surface area (Å²) in [5, 5.41) is 0. The Labute approximate surface area is 103 Å². The van der Waals surface area contributed by atoms with E-state index in [0.717, 1.165) is 19.5 Å². The van der Waals surface area contributed by atoms with Crippen molar-refractivity contribution >= 4 is 5.69 Å². The number of anilines is 1. The summed E-state index contributed by atoms with van der Waals surface area (Å²) >= 11 is 0. The third-order valence-electron chi connectivity index (χ3n) is 2.66. The van der Waals surface area contributed by atoms with Gasteiger partial charge < -0.3 is 15.5 Å². The van der Waals surface area contributed by atoms with Crippen molar-refractivity contribution < 1.29 is 4.39 Å². The quantitative estimate of drug-likeness (QED) is 0.768. The molecule has 1 rings (SSSR count). The van der Waals surface area contributed by atoms with Gasteiger partial charge in [0.25, 0.3) is 0 Å². The van der Waals surface area contributed by atoms with Gasteiger partial charge in [-0.1, -0.05) is 6.07 Å². The molecular weight excluding hydrogens is 217 g/mol. The molecule has 0 spiro atoms. The SMILES string of the molecule is CN(C)CCCN(C)Cc1ccc(N)cc1F. The zero-order chi connectivity index (χ0) is 12.8. The van der Waals surface area contributed by atoms with Crippen molar-refractivity contribution in [3.8, 4) is 0 Å². The fraction of sp³-hybridized carbons (Fsp3) is 0.538. The minimum Gasteiger partial charge on any atom is -0.399 e. The Bertz CT molecular complexity index is 353. The van der Waals surface area contributed by atoms with Crippen molar-refractivity contribution in [2.24, 2.45) is 0 Å². The molecule has 2 N–H and O–H groups in total. The molecule has 0 fully saturated rings. The molecule has 0 aliphatic rings. The topological polar surface area (TPSA) is 32.5 Å². The molecule has 0 saturated heterocycles. The molecule has 0 aliphatic heterocycles. The summed E-state index contributed by atoms with van der Waals surface area (Å²) in [7, 11) is 6.12. The van der Waals surface area contributed by atoms with Crippen molar-refractivity contribution in [2.75, 3.05) is 40.0 Å². The molecule has 17 heavy (non-hydrogen) atoms. The van der Waals surface area contributed by atoms with Crippen LogP contribution >= 0.6 is 0 Å². The number of rotatable bonds is 6. The van der Waals surface area contributed by atoms with Gasteiger partial charge in [0.2, 0.25) is 0 Å². The smallest absolute Gasteiger partial charge is 0.129 e. The molecule has 0 saturated carbocycles. The lowest BCUT2D eigenvalue weighted by molar-refractivity contribution is 0.291. The molecule has 0 radical (unpaired) electrons. The summed E-state index contributed by atoms with van der Waals surface area (Å²) in [5.74, 6) is -0.218. The zero-order valence-electron chi connectivity index (χ0n) is 10.9. The number of nitrogens with two attached hydrogens (primary N) is 1. The van der Waals surface area contributed by atoms with Crippen molar-refractivity contribution in [2.45, 2.75) is 13.0 Å². The zero-order valence-corrected chi connectivity index (χ0v) is 10.9. The summed E-state index contributed by atoms with van der Waals surface area (Å²) in [6, 6.07) is 4.88. The van der Waals surface area contributed by atoms with E-state index in [9.17, 15) is 4.39 Å². The lowest BCUT2D eigenvalue weighted by atomic mass is 10.2. The highest BCUT2D eigenvalue weighted by Gasteiger charge is 2.06. The standard InChI is InChI=1S/C13H22FN3/c1-16(2)7-4-8-17(3)10-11-5-6-12(15)9-13(11)14/h5-6,9H,4,7-8,10,15H2,1-3H3. The Morgan fingerprint density at radius 3 is 2.47 bits per heavy atom. The lowest BCUT2D eigenvalue weighted by Crippen LogP contribution is -2.23. The summed E-state index contributed by atoms with van der Waals surface area (Å²) in [5.41, 5.74) is 6.69. The Hall–Kier alpha value is -1.13. The normalized spacial score (nSPS) is 11.4. The van der Waals surface area contributed by atoms with E-state index in [1.165, 1.54) is 6.07 Å². The Balaban J connectivity index is 2.42. The highest BCUT2D eigenvalue weighted by Crippen LogP contribution is 2.13. The average molecular weight is 239 g/mol. The maximum Gasteiger partial charge on any atom is 0.129 e. The van der Waals surface area contributed by atoms with Gasteiger partial charge in [0.1, 0.15) is 5.82 Å². The molecule has 0 amide bonds. The molecular formula is C13H22FN3. The monoisotopic (exact) mass is 239 g/mol. The van der Waals surface area contributed by atoms with Crippen LogP contribution < -0.4 is 5.73 Å². The van der Waals surface area contributed by atoms with E-state index in [1.54, 1.807) is 12.1 Å². The van der Waals surface area contributed by atoms with Gasteiger partial charge in [-0.3, -0.25) is 0 Å². The molecule has 4 heteroatoms. The first-order valence-electron chi connectivity index (χ1n) is 5.86. The molecule has 1 aromatic rings. The minimum absolute atomic E-state index is 0.218. The van der Waals surface area contributed by atoms with E-state index in [-0.39, 0.29) is 5.82 Å². The first kappa shape index (κ1) is 13.9. The third kappa shape index (κ3) is 5.15. The molecule has 0 aliphatic carbocycles. The molecule has 0 unspecified atom stereocenters. The largest absolute Gasteiger partial charge is 0.399 e. The van der Waals surface area contributed by atoms with Gasteiger partial charge in [0.15, 0.2) is 0 Å². The van der Waals surface area contributed by atoms with Crippen LogP contribution in [0.3, 0.4) is 0 Å². The van der Waals surface area contributed by atoms with Crippen LogP contribution in [0.4, 0.5) is 10.1 Å². The van der Waals surface area contributed by atoms with E-state index < -0.39 is 0 Å². The number of benzene rings is 1. The van der Waals surface area contributed by atoms with Crippen LogP contribution in [0.25, 0.3) is 0 Å². The van der Waals surface area contributed by atoms with Crippen molar-refractivity contribution in [3.63, 3.8) is 0 Å². The third-order valence-corrected chi connectivity index (χ3v) is 2.66. The molecule has 0 aromatic heterocycles. The number of nitrogen functional groups attached to an aromatic ring is 1. The number of hydrogen-bond acceptors (Lipinski definition) is 3. The van der Waals surface area contributed by atoms with E-state index in [0.29, 0.717) is 17.8 Å². The molecule has 0 atom stereocenters. The predicted octanol–water partition coefficient (Wildman–Crippen LogP) is 1.79. The van der Waals surface area contributed by atoms with Gasteiger partial charge in [-0.25, -0.2) is 4.39 Å². The van der Waals surface area contributed by atoms with Crippen LogP contribution in [0, 0.1) is 5.82 Å². The molecule has 96 valence electrons. The highest BCUT2D eigenvalue weighted by atomic mass is 19.1. The second-order valence-corrected chi connectivity index (χ2v) is 4.75. The predicted molar refractivity (Wildman–Crippen MR) is 70.3 cm³/mol. The van der Waals surface area contributed by atoms with Crippen molar-refractivity contribution in [1.82, 2.24) is 9.80 Å². The summed E-state index contributed by atoms with van der Waals surface area (Å²) in [6.45, 7) is 2.64. The summed E-state index contributed by atoms with van der Waals surface area (Å²) in [4.78, 5) is 4.27. The van der Waals surface area contributed by atoms with Crippen LogP contribution in [0.15, 0.2) is 18.2 Å². The Morgan fingerprint density at radius 1 is 1.18 bits per heavy atom. The second kappa shape index (κ2) is 6.57. The Kier molecular flexibility index (Phi) is 5.38.